The molecule has 3 atom stereocenters. The number of nitrogens with one attached hydrogen (secondary N) is 1. The molecule has 1 saturated heterocycles. The van der Waals surface area contributed by atoms with Gasteiger partial charge in [-0.3, -0.25) is 0 Å². The first kappa shape index (κ1) is 15.3. The topological polar surface area (TPSA) is 24.5 Å². The van der Waals surface area contributed by atoms with Crippen molar-refractivity contribution in [3.63, 3.8) is 0 Å². The molecule has 0 saturated carbocycles. The summed E-state index contributed by atoms with van der Waals surface area (Å²) < 4.78 is 5.21. The van der Waals surface area contributed by atoms with Gasteiger partial charge in [-0.1, -0.05) is 12.1 Å². The maximum Gasteiger partial charge on any atom is 0.118 e. The van der Waals surface area contributed by atoms with Crippen LogP contribution in [0, 0.1) is 5.92 Å². The molecule has 0 amide bonds. The van der Waals surface area contributed by atoms with E-state index in [1.165, 1.54) is 31.5 Å². The molecule has 0 aromatic heterocycles. The van der Waals surface area contributed by atoms with Gasteiger partial charge in [-0.2, -0.15) is 0 Å². The van der Waals surface area contributed by atoms with Gasteiger partial charge >= 0.3 is 0 Å². The first-order valence-electron chi connectivity index (χ1n) is 7.68. The van der Waals surface area contributed by atoms with Gasteiger partial charge in [0, 0.05) is 18.6 Å². The summed E-state index contributed by atoms with van der Waals surface area (Å²) in [5, 5.41) is 3.76. The molecule has 1 aromatic rings. The predicted octanol–water partition coefficient (Wildman–Crippen LogP) is 3.08. The van der Waals surface area contributed by atoms with E-state index in [4.69, 9.17) is 4.74 Å². The normalized spacial score (nSPS) is 23.3. The van der Waals surface area contributed by atoms with Crippen LogP contribution in [0.4, 0.5) is 0 Å². The van der Waals surface area contributed by atoms with E-state index in [2.05, 4.69) is 43.2 Å². The molecule has 0 spiro atoms. The molecule has 20 heavy (non-hydrogen) atoms. The molecule has 0 aliphatic carbocycles. The molecule has 1 aliphatic rings. The fourth-order valence-electron chi connectivity index (χ4n) is 3.13. The van der Waals surface area contributed by atoms with Crippen LogP contribution in [0.5, 0.6) is 5.75 Å². The number of rotatable bonds is 5. The molecule has 0 radical (unpaired) electrons. The molecule has 2 unspecified atom stereocenters. The van der Waals surface area contributed by atoms with Crippen LogP contribution in [0.1, 0.15) is 38.3 Å². The van der Waals surface area contributed by atoms with Crippen molar-refractivity contribution >= 4 is 0 Å². The van der Waals surface area contributed by atoms with Crippen LogP contribution in [0.3, 0.4) is 0 Å². The van der Waals surface area contributed by atoms with Crippen molar-refractivity contribution in [3.8, 4) is 5.75 Å². The number of benzene rings is 1. The monoisotopic (exact) mass is 276 g/mol. The first-order valence-corrected chi connectivity index (χ1v) is 7.68. The summed E-state index contributed by atoms with van der Waals surface area (Å²) in [7, 11) is 3.93. The minimum absolute atomic E-state index is 0.378. The van der Waals surface area contributed by atoms with Crippen molar-refractivity contribution < 1.29 is 4.74 Å². The van der Waals surface area contributed by atoms with E-state index in [9.17, 15) is 0 Å². The van der Waals surface area contributed by atoms with Crippen LogP contribution < -0.4 is 10.1 Å². The van der Waals surface area contributed by atoms with Crippen LogP contribution in [0.15, 0.2) is 24.3 Å². The van der Waals surface area contributed by atoms with Gasteiger partial charge in [-0.25, -0.2) is 0 Å². The highest BCUT2D eigenvalue weighted by atomic mass is 16.5. The molecular weight excluding hydrogens is 248 g/mol. The van der Waals surface area contributed by atoms with Gasteiger partial charge in [0.15, 0.2) is 0 Å². The third-order valence-electron chi connectivity index (χ3n) is 4.50. The molecule has 0 bridgehead atoms. The van der Waals surface area contributed by atoms with E-state index in [1.807, 2.05) is 12.1 Å². The third kappa shape index (κ3) is 3.97. The Morgan fingerprint density at radius 3 is 2.55 bits per heavy atom. The lowest BCUT2D eigenvalue weighted by Crippen LogP contribution is -2.43. The second-order valence-electron chi connectivity index (χ2n) is 6.11. The lowest BCUT2D eigenvalue weighted by Gasteiger charge is -2.35. The van der Waals surface area contributed by atoms with Gasteiger partial charge in [-0.05, 0) is 63.9 Å². The Balaban J connectivity index is 1.90. The predicted molar refractivity (Wildman–Crippen MR) is 84.2 cm³/mol. The summed E-state index contributed by atoms with van der Waals surface area (Å²) in [6.07, 6.45) is 2.66. The van der Waals surface area contributed by atoms with Gasteiger partial charge < -0.3 is 15.0 Å². The van der Waals surface area contributed by atoms with Crippen molar-refractivity contribution in [1.82, 2.24) is 10.2 Å². The number of ether oxygens (including phenoxy) is 1. The lowest BCUT2D eigenvalue weighted by atomic mass is 9.91. The van der Waals surface area contributed by atoms with Crippen LogP contribution >= 0.6 is 0 Å². The summed E-state index contributed by atoms with van der Waals surface area (Å²) >= 11 is 0. The molecule has 112 valence electrons. The van der Waals surface area contributed by atoms with Gasteiger partial charge in [0.1, 0.15) is 5.75 Å². The van der Waals surface area contributed by atoms with E-state index < -0.39 is 0 Å². The van der Waals surface area contributed by atoms with Crippen LogP contribution in [-0.4, -0.2) is 38.2 Å². The highest BCUT2D eigenvalue weighted by molar-refractivity contribution is 5.28. The molecule has 1 N–H and O–H groups in total. The molecule has 3 nitrogen and oxygen atoms in total. The Bertz CT molecular complexity index is 404. The Labute approximate surface area is 123 Å². The van der Waals surface area contributed by atoms with Crippen molar-refractivity contribution in [2.75, 3.05) is 27.2 Å². The smallest absolute Gasteiger partial charge is 0.118 e. The summed E-state index contributed by atoms with van der Waals surface area (Å²) in [4.78, 5) is 2.45. The largest absolute Gasteiger partial charge is 0.497 e. The summed E-state index contributed by atoms with van der Waals surface area (Å²) in [5.74, 6) is 1.68. The minimum atomic E-state index is 0.378. The number of hydrogen-bond donors (Lipinski definition) is 1. The molecule has 2 rings (SSSR count). The maximum atomic E-state index is 5.21. The minimum Gasteiger partial charge on any atom is -0.497 e. The van der Waals surface area contributed by atoms with E-state index in [0.717, 1.165) is 11.7 Å². The van der Waals surface area contributed by atoms with E-state index in [-0.39, 0.29) is 0 Å². The van der Waals surface area contributed by atoms with E-state index in [1.54, 1.807) is 7.11 Å². The number of hydrogen-bond acceptors (Lipinski definition) is 3. The lowest BCUT2D eigenvalue weighted by molar-refractivity contribution is 0.174. The average Bonchev–Trinajstić information content (AvgIpc) is 2.47. The molecule has 1 aliphatic heterocycles. The zero-order valence-corrected chi connectivity index (χ0v) is 13.2. The molecule has 1 fully saturated rings. The molecule has 3 heteroatoms. The Hall–Kier alpha value is -1.06. The SMILES string of the molecule is COc1ccc([C@@H](C)NC(C)C2CCCN(C)C2)cc1. The van der Waals surface area contributed by atoms with Crippen LogP contribution in [0.25, 0.3) is 0 Å². The van der Waals surface area contributed by atoms with Crippen molar-refractivity contribution in [2.24, 2.45) is 5.92 Å². The van der Waals surface area contributed by atoms with Gasteiger partial charge in [0.25, 0.3) is 0 Å². The highest BCUT2D eigenvalue weighted by Gasteiger charge is 2.23. The zero-order chi connectivity index (χ0) is 14.5. The third-order valence-corrected chi connectivity index (χ3v) is 4.50. The summed E-state index contributed by atoms with van der Waals surface area (Å²) in [5.41, 5.74) is 1.32. The van der Waals surface area contributed by atoms with Crippen molar-refractivity contribution in [1.29, 1.82) is 0 Å². The van der Waals surface area contributed by atoms with E-state index >= 15 is 0 Å². The maximum absolute atomic E-state index is 5.21. The zero-order valence-electron chi connectivity index (χ0n) is 13.2. The number of likely N-dealkylation sites (tertiary alicyclic amines) is 1. The van der Waals surface area contributed by atoms with Crippen LogP contribution in [0.2, 0.25) is 0 Å². The Morgan fingerprint density at radius 2 is 1.95 bits per heavy atom. The Morgan fingerprint density at radius 1 is 1.25 bits per heavy atom. The number of piperidine rings is 1. The molecular formula is C17H28N2O. The fraction of sp³-hybridized carbons (Fsp3) is 0.647. The van der Waals surface area contributed by atoms with Gasteiger partial charge in [-0.15, -0.1) is 0 Å². The van der Waals surface area contributed by atoms with Gasteiger partial charge in [0.05, 0.1) is 7.11 Å². The standard InChI is InChI=1S/C17H28N2O/c1-13(15-7-9-17(20-4)10-8-15)18-14(2)16-6-5-11-19(3)12-16/h7-10,13-14,16,18H,5-6,11-12H2,1-4H3/t13-,14?,16?/m1/s1. The summed E-state index contributed by atoms with van der Waals surface area (Å²) in [6.45, 7) is 7.02. The van der Waals surface area contributed by atoms with Crippen molar-refractivity contribution in [3.05, 3.63) is 29.8 Å². The number of methoxy groups -OCH3 is 1. The quantitative estimate of drug-likeness (QED) is 0.894. The molecule has 1 heterocycles. The van der Waals surface area contributed by atoms with Crippen LogP contribution in [-0.2, 0) is 0 Å². The second kappa shape index (κ2) is 7.09. The fourth-order valence-corrected chi connectivity index (χ4v) is 3.13. The first-order chi connectivity index (χ1) is 9.60. The number of nitrogens with zero attached hydrogens (tertiary/aromatic N) is 1. The summed E-state index contributed by atoms with van der Waals surface area (Å²) in [6, 6.07) is 9.30. The Kier molecular flexibility index (Phi) is 5.44. The van der Waals surface area contributed by atoms with Gasteiger partial charge in [0.2, 0.25) is 0 Å². The average molecular weight is 276 g/mol. The van der Waals surface area contributed by atoms with E-state index in [0.29, 0.717) is 12.1 Å². The second-order valence-corrected chi connectivity index (χ2v) is 6.11. The van der Waals surface area contributed by atoms with Crippen molar-refractivity contribution in [2.45, 2.75) is 38.8 Å². The highest BCUT2D eigenvalue weighted by Crippen LogP contribution is 2.22. The molecule has 1 aromatic carbocycles.